The lowest BCUT2D eigenvalue weighted by Gasteiger charge is -2.26. The van der Waals surface area contributed by atoms with E-state index >= 15 is 0 Å². The molecule has 0 amide bonds. The van der Waals surface area contributed by atoms with Gasteiger partial charge in [0, 0.05) is 11.4 Å². The van der Waals surface area contributed by atoms with Crippen LogP contribution in [0.1, 0.15) is 26.6 Å². The Bertz CT molecular complexity index is 564. The molecular formula is C14H18ClN3O2. The number of aromatic nitrogens is 3. The summed E-state index contributed by atoms with van der Waals surface area (Å²) < 4.78 is 0. The van der Waals surface area contributed by atoms with Gasteiger partial charge in [-0.2, -0.15) is 0 Å². The van der Waals surface area contributed by atoms with Crippen LogP contribution < -0.4 is 4.84 Å². The third-order valence-electron chi connectivity index (χ3n) is 3.28. The average Bonchev–Trinajstić information content (AvgIpc) is 2.78. The maximum absolute atomic E-state index is 9.70. The number of halogens is 1. The van der Waals surface area contributed by atoms with Gasteiger partial charge in [0.05, 0.1) is 6.10 Å². The SMILES string of the molecule is CC(O)C(C)(C)Cc1ncn(Oc2ccc(Cl)cc2)n1. The highest BCUT2D eigenvalue weighted by Crippen LogP contribution is 2.24. The maximum Gasteiger partial charge on any atom is 0.158 e. The largest absolute Gasteiger partial charge is 0.393 e. The van der Waals surface area contributed by atoms with E-state index < -0.39 is 6.10 Å². The van der Waals surface area contributed by atoms with Gasteiger partial charge in [0.15, 0.2) is 17.9 Å². The number of aliphatic hydroxyl groups is 1. The number of hydrogen-bond acceptors (Lipinski definition) is 4. The summed E-state index contributed by atoms with van der Waals surface area (Å²) in [6.45, 7) is 5.71. The van der Waals surface area contributed by atoms with E-state index in [0.717, 1.165) is 0 Å². The molecule has 0 saturated heterocycles. The molecule has 1 unspecified atom stereocenters. The van der Waals surface area contributed by atoms with Gasteiger partial charge in [0.1, 0.15) is 0 Å². The molecule has 0 aliphatic carbocycles. The first kappa shape index (κ1) is 14.8. The predicted octanol–water partition coefficient (Wildman–Crippen LogP) is 2.72. The molecule has 1 aromatic heterocycles. The first-order valence-electron chi connectivity index (χ1n) is 6.39. The summed E-state index contributed by atoms with van der Waals surface area (Å²) in [7, 11) is 0. The molecule has 6 heteroatoms. The van der Waals surface area contributed by atoms with Crippen LogP contribution in [0.2, 0.25) is 5.02 Å². The second kappa shape index (κ2) is 5.81. The lowest BCUT2D eigenvalue weighted by Crippen LogP contribution is -2.29. The van der Waals surface area contributed by atoms with E-state index in [1.54, 1.807) is 31.2 Å². The van der Waals surface area contributed by atoms with Crippen LogP contribution in [0.3, 0.4) is 0 Å². The Kier molecular flexibility index (Phi) is 4.30. The molecule has 0 saturated carbocycles. The zero-order valence-corrected chi connectivity index (χ0v) is 12.5. The van der Waals surface area contributed by atoms with Gasteiger partial charge in [0.2, 0.25) is 0 Å². The normalized spacial score (nSPS) is 13.2. The molecule has 0 radical (unpaired) electrons. The van der Waals surface area contributed by atoms with Crippen molar-refractivity contribution in [3.63, 3.8) is 0 Å². The van der Waals surface area contributed by atoms with Crippen molar-refractivity contribution in [2.45, 2.75) is 33.3 Å². The van der Waals surface area contributed by atoms with Crippen LogP contribution in [0.15, 0.2) is 30.6 Å². The lowest BCUT2D eigenvalue weighted by atomic mass is 9.84. The summed E-state index contributed by atoms with van der Waals surface area (Å²) in [5.74, 6) is 1.26. The van der Waals surface area contributed by atoms with Crippen LogP contribution in [0.4, 0.5) is 0 Å². The smallest absolute Gasteiger partial charge is 0.158 e. The zero-order valence-electron chi connectivity index (χ0n) is 11.7. The van der Waals surface area contributed by atoms with E-state index in [0.29, 0.717) is 23.0 Å². The molecule has 0 aliphatic rings. The van der Waals surface area contributed by atoms with Gasteiger partial charge in [-0.05, 0) is 36.6 Å². The standard InChI is InChI=1S/C14H18ClN3O2/c1-10(19)14(2,3)8-13-16-9-18(17-13)20-12-6-4-11(15)5-7-12/h4-7,9-10,19H,8H2,1-3H3. The Morgan fingerprint density at radius 3 is 2.60 bits per heavy atom. The maximum atomic E-state index is 9.70. The van der Waals surface area contributed by atoms with E-state index in [4.69, 9.17) is 16.4 Å². The topological polar surface area (TPSA) is 60.2 Å². The minimum Gasteiger partial charge on any atom is -0.393 e. The van der Waals surface area contributed by atoms with E-state index in [9.17, 15) is 5.11 Å². The van der Waals surface area contributed by atoms with Crippen molar-refractivity contribution in [2.24, 2.45) is 5.41 Å². The fraction of sp³-hybridized carbons (Fsp3) is 0.429. The average molecular weight is 296 g/mol. The van der Waals surface area contributed by atoms with Crippen LogP contribution in [0, 0.1) is 5.41 Å². The number of benzene rings is 1. The Hall–Kier alpha value is -1.59. The summed E-state index contributed by atoms with van der Waals surface area (Å²) in [5, 5.41) is 14.6. The monoisotopic (exact) mass is 295 g/mol. The third kappa shape index (κ3) is 3.71. The highest BCUT2D eigenvalue weighted by atomic mass is 35.5. The molecule has 1 N–H and O–H groups in total. The van der Waals surface area contributed by atoms with Crippen molar-refractivity contribution < 1.29 is 9.94 Å². The first-order valence-corrected chi connectivity index (χ1v) is 6.77. The van der Waals surface area contributed by atoms with E-state index in [-0.39, 0.29) is 5.41 Å². The number of aliphatic hydroxyl groups excluding tert-OH is 1. The van der Waals surface area contributed by atoms with Crippen molar-refractivity contribution in [1.82, 2.24) is 14.9 Å². The summed E-state index contributed by atoms with van der Waals surface area (Å²) in [6, 6.07) is 6.99. The minimum atomic E-state index is -0.438. The van der Waals surface area contributed by atoms with Crippen molar-refractivity contribution in [2.75, 3.05) is 0 Å². The molecule has 1 heterocycles. The molecule has 0 fully saturated rings. The zero-order chi connectivity index (χ0) is 14.8. The summed E-state index contributed by atoms with van der Waals surface area (Å²) >= 11 is 5.81. The van der Waals surface area contributed by atoms with Crippen molar-refractivity contribution >= 4 is 11.6 Å². The van der Waals surface area contributed by atoms with Gasteiger partial charge in [-0.15, -0.1) is 5.10 Å². The second-order valence-corrected chi connectivity index (χ2v) is 5.89. The molecule has 5 nitrogen and oxygen atoms in total. The van der Waals surface area contributed by atoms with Crippen molar-refractivity contribution in [3.05, 3.63) is 41.4 Å². The minimum absolute atomic E-state index is 0.285. The van der Waals surface area contributed by atoms with Gasteiger partial charge in [-0.1, -0.05) is 30.3 Å². The molecule has 0 spiro atoms. The van der Waals surface area contributed by atoms with Crippen LogP contribution in [0.25, 0.3) is 0 Å². The molecule has 1 aromatic carbocycles. The Morgan fingerprint density at radius 1 is 1.35 bits per heavy atom. The molecule has 0 aliphatic heterocycles. The molecule has 0 bridgehead atoms. The summed E-state index contributed by atoms with van der Waals surface area (Å²) in [6.07, 6.45) is 1.63. The molecular weight excluding hydrogens is 278 g/mol. The van der Waals surface area contributed by atoms with E-state index in [1.807, 2.05) is 13.8 Å². The van der Waals surface area contributed by atoms with Crippen molar-refractivity contribution in [3.8, 4) is 5.75 Å². The fourth-order valence-electron chi connectivity index (χ4n) is 1.57. The van der Waals surface area contributed by atoms with Gasteiger partial charge in [-0.3, -0.25) is 0 Å². The van der Waals surface area contributed by atoms with Gasteiger partial charge in [0.25, 0.3) is 0 Å². The van der Waals surface area contributed by atoms with E-state index in [2.05, 4.69) is 10.1 Å². The van der Waals surface area contributed by atoms with Crippen LogP contribution in [-0.4, -0.2) is 26.1 Å². The second-order valence-electron chi connectivity index (χ2n) is 5.45. The van der Waals surface area contributed by atoms with Crippen molar-refractivity contribution in [1.29, 1.82) is 0 Å². The Balaban J connectivity index is 2.04. The number of hydrogen-bond donors (Lipinski definition) is 1. The highest BCUT2D eigenvalue weighted by molar-refractivity contribution is 6.30. The van der Waals surface area contributed by atoms with Crippen LogP contribution in [0.5, 0.6) is 5.75 Å². The molecule has 108 valence electrons. The highest BCUT2D eigenvalue weighted by Gasteiger charge is 2.26. The lowest BCUT2D eigenvalue weighted by molar-refractivity contribution is 0.0644. The molecule has 20 heavy (non-hydrogen) atoms. The Labute approximate surface area is 123 Å². The van der Waals surface area contributed by atoms with Crippen LogP contribution in [-0.2, 0) is 6.42 Å². The molecule has 2 aromatic rings. The molecule has 2 rings (SSSR count). The van der Waals surface area contributed by atoms with Gasteiger partial charge >= 0.3 is 0 Å². The van der Waals surface area contributed by atoms with E-state index in [1.165, 1.54) is 11.2 Å². The van der Waals surface area contributed by atoms with Gasteiger partial charge in [-0.25, -0.2) is 4.98 Å². The summed E-state index contributed by atoms with van der Waals surface area (Å²) in [4.78, 5) is 11.0. The third-order valence-corrected chi connectivity index (χ3v) is 3.53. The number of nitrogens with zero attached hydrogens (tertiary/aromatic N) is 3. The van der Waals surface area contributed by atoms with Crippen LogP contribution >= 0.6 is 11.6 Å². The quantitative estimate of drug-likeness (QED) is 0.921. The summed E-state index contributed by atoms with van der Waals surface area (Å²) in [5.41, 5.74) is -0.285. The predicted molar refractivity (Wildman–Crippen MR) is 76.7 cm³/mol. The first-order chi connectivity index (χ1) is 9.37. The fourth-order valence-corrected chi connectivity index (χ4v) is 1.69. The number of rotatable bonds is 5. The van der Waals surface area contributed by atoms with Gasteiger partial charge < -0.3 is 9.94 Å². The molecule has 1 atom stereocenters. The Morgan fingerprint density at radius 2 is 2.00 bits per heavy atom.